The van der Waals surface area contributed by atoms with Gasteiger partial charge >= 0.3 is 0 Å². The first-order valence-electron chi connectivity index (χ1n) is 10.1. The Morgan fingerprint density at radius 2 is 1.78 bits per heavy atom. The molecule has 168 valence electrons. The normalized spacial score (nSPS) is 15.0. The maximum atomic E-state index is 13.1. The molecule has 1 aliphatic heterocycles. The molecule has 1 saturated heterocycles. The number of anilines is 1. The van der Waals surface area contributed by atoms with Crippen molar-refractivity contribution in [1.29, 1.82) is 0 Å². The van der Waals surface area contributed by atoms with E-state index < -0.39 is 15.9 Å². The molecule has 2 heterocycles. The Morgan fingerprint density at radius 3 is 2.47 bits per heavy atom. The molecule has 1 amide bonds. The number of carbonyl (C=O) groups is 1. The van der Waals surface area contributed by atoms with Gasteiger partial charge in [0.1, 0.15) is 0 Å². The number of rotatable bonds is 5. The lowest BCUT2D eigenvalue weighted by atomic mass is 10.2. The van der Waals surface area contributed by atoms with Crippen LogP contribution < -0.4 is 5.32 Å². The lowest BCUT2D eigenvalue weighted by molar-refractivity contribution is 0.0730. The van der Waals surface area contributed by atoms with E-state index in [9.17, 15) is 13.2 Å². The molecule has 0 atom stereocenters. The number of carbonyl (C=O) groups excluding carboxylic acids is 1. The van der Waals surface area contributed by atoms with Crippen LogP contribution in [-0.4, -0.2) is 54.7 Å². The van der Waals surface area contributed by atoms with Gasteiger partial charge in [-0.1, -0.05) is 29.8 Å². The van der Waals surface area contributed by atoms with Crippen molar-refractivity contribution in [3.8, 4) is 5.69 Å². The molecule has 1 aliphatic rings. The zero-order chi connectivity index (χ0) is 22.9. The van der Waals surface area contributed by atoms with Crippen LogP contribution in [0.2, 0.25) is 5.02 Å². The highest BCUT2D eigenvalue weighted by molar-refractivity contribution is 7.89. The van der Waals surface area contributed by atoms with Gasteiger partial charge in [0, 0.05) is 13.1 Å². The lowest BCUT2D eigenvalue weighted by Gasteiger charge is -2.26. The molecule has 10 heteroatoms. The second-order valence-corrected chi connectivity index (χ2v) is 9.75. The molecular weight excluding hydrogens is 452 g/mol. The number of hydrogen-bond donors (Lipinski definition) is 1. The van der Waals surface area contributed by atoms with Crippen molar-refractivity contribution in [1.82, 2.24) is 14.1 Å². The quantitative estimate of drug-likeness (QED) is 0.611. The first-order valence-corrected chi connectivity index (χ1v) is 11.9. The fourth-order valence-corrected chi connectivity index (χ4v) is 5.24. The first kappa shape index (κ1) is 22.5. The van der Waals surface area contributed by atoms with Crippen molar-refractivity contribution in [2.24, 2.45) is 0 Å². The molecule has 32 heavy (non-hydrogen) atoms. The average molecular weight is 475 g/mol. The van der Waals surface area contributed by atoms with E-state index in [1.54, 1.807) is 11.6 Å². The fourth-order valence-electron chi connectivity index (χ4n) is 3.60. The van der Waals surface area contributed by atoms with Crippen molar-refractivity contribution < 1.29 is 17.9 Å². The number of hydrogen-bond acceptors (Lipinski definition) is 5. The maximum absolute atomic E-state index is 13.1. The number of para-hydroxylation sites is 1. The van der Waals surface area contributed by atoms with Gasteiger partial charge in [0.2, 0.25) is 10.0 Å². The van der Waals surface area contributed by atoms with E-state index in [1.807, 2.05) is 37.3 Å². The van der Waals surface area contributed by atoms with Crippen LogP contribution in [0.15, 0.2) is 53.4 Å². The molecule has 0 aliphatic carbocycles. The highest BCUT2D eigenvalue weighted by Gasteiger charge is 2.28. The van der Waals surface area contributed by atoms with Crippen LogP contribution in [0.3, 0.4) is 0 Å². The fraction of sp³-hybridized carbons (Fsp3) is 0.273. The number of benzene rings is 2. The van der Waals surface area contributed by atoms with Gasteiger partial charge in [-0.3, -0.25) is 4.79 Å². The van der Waals surface area contributed by atoms with Crippen molar-refractivity contribution in [3.05, 3.63) is 70.5 Å². The monoisotopic (exact) mass is 474 g/mol. The first-order chi connectivity index (χ1) is 15.3. The number of nitrogens with one attached hydrogen (secondary N) is 1. The largest absolute Gasteiger partial charge is 0.379 e. The minimum absolute atomic E-state index is 0.0161. The molecule has 1 aromatic heterocycles. The number of aryl methyl sites for hydroxylation is 1. The predicted octanol–water partition coefficient (Wildman–Crippen LogP) is 3.42. The highest BCUT2D eigenvalue weighted by atomic mass is 35.5. The van der Waals surface area contributed by atoms with Crippen LogP contribution in [0.1, 0.15) is 21.7 Å². The van der Waals surface area contributed by atoms with Crippen LogP contribution >= 0.6 is 11.6 Å². The second-order valence-electron chi connectivity index (χ2n) is 7.41. The molecular formula is C22H23ClN4O4S. The van der Waals surface area contributed by atoms with Gasteiger partial charge in [-0.15, -0.1) is 0 Å². The third-order valence-electron chi connectivity index (χ3n) is 5.32. The van der Waals surface area contributed by atoms with Crippen LogP contribution in [0.4, 0.5) is 5.69 Å². The topological polar surface area (TPSA) is 93.5 Å². The Bertz CT molecular complexity index is 1250. The smallest absolute Gasteiger partial charge is 0.257 e. The maximum Gasteiger partial charge on any atom is 0.257 e. The number of halogens is 1. The Balaban J connectivity index is 1.63. The van der Waals surface area contributed by atoms with E-state index in [4.69, 9.17) is 16.3 Å². The van der Waals surface area contributed by atoms with Crippen LogP contribution in [-0.2, 0) is 14.8 Å². The van der Waals surface area contributed by atoms with Gasteiger partial charge in [-0.05, 0) is 44.2 Å². The van der Waals surface area contributed by atoms with Crippen molar-refractivity contribution in [3.63, 3.8) is 0 Å². The van der Waals surface area contributed by atoms with Crippen molar-refractivity contribution >= 4 is 33.2 Å². The zero-order valence-electron chi connectivity index (χ0n) is 17.7. The zero-order valence-corrected chi connectivity index (χ0v) is 19.3. The second kappa shape index (κ2) is 9.03. The van der Waals surface area contributed by atoms with E-state index >= 15 is 0 Å². The SMILES string of the molecule is Cc1nn(-c2ccccc2)c(C)c1NC(=O)c1cc(S(=O)(=O)N2CCOCC2)ccc1Cl. The standard InChI is InChI=1S/C22H23ClN4O4S/c1-15-21(16(2)27(25-15)17-6-4-3-5-7-17)24-22(28)19-14-18(8-9-20(19)23)32(29,30)26-10-12-31-13-11-26/h3-9,14H,10-13H2,1-2H3,(H,24,28). The summed E-state index contributed by atoms with van der Waals surface area (Å²) in [5.41, 5.74) is 2.87. The summed E-state index contributed by atoms with van der Waals surface area (Å²) in [5, 5.41) is 7.53. The molecule has 0 bridgehead atoms. The Morgan fingerprint density at radius 1 is 1.09 bits per heavy atom. The third kappa shape index (κ3) is 4.29. The Kier molecular flexibility index (Phi) is 6.34. The molecule has 1 N–H and O–H groups in total. The molecule has 0 radical (unpaired) electrons. The van der Waals surface area contributed by atoms with Gasteiger partial charge in [-0.2, -0.15) is 9.40 Å². The molecule has 8 nitrogen and oxygen atoms in total. The Labute approximate surface area is 191 Å². The molecule has 2 aromatic carbocycles. The minimum atomic E-state index is -3.76. The summed E-state index contributed by atoms with van der Waals surface area (Å²) in [6, 6.07) is 13.7. The molecule has 0 saturated carbocycles. The van der Waals surface area contributed by atoms with Crippen LogP contribution in [0.5, 0.6) is 0 Å². The number of morpholine rings is 1. The van der Waals surface area contributed by atoms with E-state index in [1.165, 1.54) is 22.5 Å². The number of amides is 1. The summed E-state index contributed by atoms with van der Waals surface area (Å²) >= 11 is 6.26. The summed E-state index contributed by atoms with van der Waals surface area (Å²) in [6.07, 6.45) is 0. The highest BCUT2D eigenvalue weighted by Crippen LogP contribution is 2.27. The predicted molar refractivity (Wildman–Crippen MR) is 122 cm³/mol. The van der Waals surface area contributed by atoms with E-state index in [-0.39, 0.29) is 28.6 Å². The van der Waals surface area contributed by atoms with Gasteiger partial charge < -0.3 is 10.1 Å². The van der Waals surface area contributed by atoms with E-state index in [2.05, 4.69) is 10.4 Å². The average Bonchev–Trinajstić information content (AvgIpc) is 3.08. The number of aromatic nitrogens is 2. The van der Waals surface area contributed by atoms with Crippen LogP contribution in [0, 0.1) is 13.8 Å². The van der Waals surface area contributed by atoms with Crippen LogP contribution in [0.25, 0.3) is 5.69 Å². The number of nitrogens with zero attached hydrogens (tertiary/aromatic N) is 3. The molecule has 3 aromatic rings. The molecule has 4 rings (SSSR count). The molecule has 0 unspecified atom stereocenters. The van der Waals surface area contributed by atoms with E-state index in [0.717, 1.165) is 11.4 Å². The number of ether oxygens (including phenoxy) is 1. The summed E-state index contributed by atoms with van der Waals surface area (Å²) in [4.78, 5) is 13.1. The third-order valence-corrected chi connectivity index (χ3v) is 7.55. The van der Waals surface area contributed by atoms with E-state index in [0.29, 0.717) is 24.6 Å². The van der Waals surface area contributed by atoms with Gasteiger partial charge in [0.05, 0.1) is 51.5 Å². The van der Waals surface area contributed by atoms with Crippen molar-refractivity contribution in [2.75, 3.05) is 31.6 Å². The molecule has 1 fully saturated rings. The minimum Gasteiger partial charge on any atom is -0.379 e. The van der Waals surface area contributed by atoms with Gasteiger partial charge in [0.15, 0.2) is 0 Å². The summed E-state index contributed by atoms with van der Waals surface area (Å²) < 4.78 is 34.3. The summed E-state index contributed by atoms with van der Waals surface area (Å²) in [5.74, 6) is -0.507. The van der Waals surface area contributed by atoms with Gasteiger partial charge in [-0.25, -0.2) is 13.1 Å². The van der Waals surface area contributed by atoms with Gasteiger partial charge in [0.25, 0.3) is 5.91 Å². The summed E-state index contributed by atoms with van der Waals surface area (Å²) in [6.45, 7) is 4.85. The lowest BCUT2D eigenvalue weighted by Crippen LogP contribution is -2.40. The Hall–Kier alpha value is -2.72. The van der Waals surface area contributed by atoms with Crippen molar-refractivity contribution in [2.45, 2.75) is 18.7 Å². The summed E-state index contributed by atoms with van der Waals surface area (Å²) in [7, 11) is -3.76. The molecule has 0 spiro atoms. The number of sulfonamides is 1.